The van der Waals surface area contributed by atoms with Gasteiger partial charge >= 0.3 is 0 Å². The third-order valence-electron chi connectivity index (χ3n) is 2.91. The summed E-state index contributed by atoms with van der Waals surface area (Å²) in [5, 5.41) is 0. The van der Waals surface area contributed by atoms with Crippen LogP contribution in [0.4, 0.5) is 0 Å². The van der Waals surface area contributed by atoms with Crippen LogP contribution in [0.2, 0.25) is 0 Å². The van der Waals surface area contributed by atoms with Crippen LogP contribution in [0.5, 0.6) is 0 Å². The maximum absolute atomic E-state index is 5.48. The van der Waals surface area contributed by atoms with Crippen LogP contribution in [0.1, 0.15) is 30.7 Å². The number of imidazole rings is 1. The molecule has 2 aromatic rings. The lowest BCUT2D eigenvalue weighted by molar-refractivity contribution is 0.674. The highest BCUT2D eigenvalue weighted by molar-refractivity contribution is 9.10. The fourth-order valence-corrected chi connectivity index (χ4v) is 2.60. The number of halogens is 1. The van der Waals surface area contributed by atoms with Crippen molar-refractivity contribution in [2.75, 3.05) is 6.54 Å². The van der Waals surface area contributed by atoms with Crippen molar-refractivity contribution in [1.29, 1.82) is 0 Å². The summed E-state index contributed by atoms with van der Waals surface area (Å²) in [6.07, 6.45) is 4.43. The van der Waals surface area contributed by atoms with Gasteiger partial charge in [-0.05, 0) is 44.0 Å². The Labute approximate surface area is 110 Å². The van der Waals surface area contributed by atoms with Crippen LogP contribution in [0, 0.1) is 6.92 Å². The van der Waals surface area contributed by atoms with Gasteiger partial charge in [-0.25, -0.2) is 4.98 Å². The number of aromatic nitrogens is 2. The topological polar surface area (TPSA) is 54.7 Å². The third-order valence-corrected chi connectivity index (χ3v) is 3.37. The smallest absolute Gasteiger partial charge is 0.107 e. The predicted molar refractivity (Wildman–Crippen MR) is 75.1 cm³/mol. The van der Waals surface area contributed by atoms with Crippen molar-refractivity contribution in [3.8, 4) is 0 Å². The molecule has 4 heteroatoms. The standard InChI is InChI=1S/C13H18BrN3/c1-9-7-10(14)8-11-13(9)17-12(16-11)5-3-2-4-6-15/h7-8H,2-6,15H2,1H3,(H,16,17). The number of nitrogens with one attached hydrogen (secondary N) is 1. The number of fused-ring (bicyclic) bond motifs is 1. The number of H-pyrrole nitrogens is 1. The number of hydrogen-bond donors (Lipinski definition) is 2. The van der Waals surface area contributed by atoms with E-state index < -0.39 is 0 Å². The number of nitrogens with two attached hydrogens (primary N) is 1. The summed E-state index contributed by atoms with van der Waals surface area (Å²) >= 11 is 3.50. The van der Waals surface area contributed by atoms with E-state index in [2.05, 4.69) is 45.0 Å². The van der Waals surface area contributed by atoms with E-state index in [-0.39, 0.29) is 0 Å². The molecule has 3 nitrogen and oxygen atoms in total. The van der Waals surface area contributed by atoms with Crippen molar-refractivity contribution >= 4 is 27.0 Å². The Balaban J connectivity index is 2.12. The molecule has 3 N–H and O–H groups in total. The van der Waals surface area contributed by atoms with Gasteiger partial charge in [-0.2, -0.15) is 0 Å². The summed E-state index contributed by atoms with van der Waals surface area (Å²) in [6.45, 7) is 2.87. The molecular formula is C13H18BrN3. The first kappa shape index (κ1) is 12.6. The van der Waals surface area contributed by atoms with Crippen LogP contribution in [0.15, 0.2) is 16.6 Å². The molecule has 0 aliphatic rings. The second-order valence-electron chi connectivity index (χ2n) is 4.40. The maximum Gasteiger partial charge on any atom is 0.107 e. The van der Waals surface area contributed by atoms with E-state index in [9.17, 15) is 0 Å². The number of hydrogen-bond acceptors (Lipinski definition) is 2. The van der Waals surface area contributed by atoms with Gasteiger partial charge in [0.1, 0.15) is 5.82 Å². The van der Waals surface area contributed by atoms with E-state index >= 15 is 0 Å². The lowest BCUT2D eigenvalue weighted by Gasteiger charge is -1.95. The molecule has 0 spiro atoms. The SMILES string of the molecule is Cc1cc(Br)cc2[nH]c(CCCCCN)nc12. The maximum atomic E-state index is 5.48. The molecule has 0 aliphatic carbocycles. The summed E-state index contributed by atoms with van der Waals surface area (Å²) in [5.41, 5.74) is 8.89. The molecule has 2 rings (SSSR count). The highest BCUT2D eigenvalue weighted by atomic mass is 79.9. The quantitative estimate of drug-likeness (QED) is 0.832. The molecule has 1 heterocycles. The van der Waals surface area contributed by atoms with Crippen LogP contribution in [-0.4, -0.2) is 16.5 Å². The Hall–Kier alpha value is -0.870. The summed E-state index contributed by atoms with van der Waals surface area (Å²) < 4.78 is 1.10. The highest BCUT2D eigenvalue weighted by Gasteiger charge is 2.06. The minimum Gasteiger partial charge on any atom is -0.342 e. The van der Waals surface area contributed by atoms with Gasteiger partial charge in [0.15, 0.2) is 0 Å². The van der Waals surface area contributed by atoms with E-state index in [1.807, 2.05) is 0 Å². The number of unbranched alkanes of at least 4 members (excludes halogenated alkanes) is 2. The van der Waals surface area contributed by atoms with Crippen LogP contribution < -0.4 is 5.73 Å². The summed E-state index contributed by atoms with van der Waals surface area (Å²) in [4.78, 5) is 8.03. The molecule has 1 aromatic heterocycles. The monoisotopic (exact) mass is 295 g/mol. The molecule has 0 saturated heterocycles. The fraction of sp³-hybridized carbons (Fsp3) is 0.462. The first-order valence-electron chi connectivity index (χ1n) is 6.05. The molecule has 0 unspecified atom stereocenters. The molecule has 0 amide bonds. The van der Waals surface area contributed by atoms with Gasteiger partial charge in [0, 0.05) is 10.9 Å². The summed E-state index contributed by atoms with van der Waals surface area (Å²) in [5.74, 6) is 1.08. The molecule has 0 saturated carbocycles. The molecule has 0 bridgehead atoms. The van der Waals surface area contributed by atoms with Crippen LogP contribution in [0.3, 0.4) is 0 Å². The number of nitrogens with zero attached hydrogens (tertiary/aromatic N) is 1. The van der Waals surface area contributed by atoms with Gasteiger partial charge in [0.2, 0.25) is 0 Å². The fourth-order valence-electron chi connectivity index (χ4n) is 2.03. The van der Waals surface area contributed by atoms with Gasteiger partial charge in [0.05, 0.1) is 11.0 Å². The van der Waals surface area contributed by atoms with Gasteiger partial charge in [0.25, 0.3) is 0 Å². The number of rotatable bonds is 5. The van der Waals surface area contributed by atoms with E-state index in [0.29, 0.717) is 0 Å². The normalized spacial score (nSPS) is 11.2. The lowest BCUT2D eigenvalue weighted by atomic mass is 10.2. The average Bonchev–Trinajstić information content (AvgIpc) is 2.67. The van der Waals surface area contributed by atoms with Crippen molar-refractivity contribution in [3.05, 3.63) is 28.0 Å². The van der Waals surface area contributed by atoms with Crippen molar-refractivity contribution < 1.29 is 0 Å². The van der Waals surface area contributed by atoms with Crippen molar-refractivity contribution in [2.45, 2.75) is 32.6 Å². The van der Waals surface area contributed by atoms with Crippen LogP contribution in [-0.2, 0) is 6.42 Å². The van der Waals surface area contributed by atoms with E-state index in [0.717, 1.165) is 47.1 Å². The lowest BCUT2D eigenvalue weighted by Crippen LogP contribution is -1.98. The summed E-state index contributed by atoms with van der Waals surface area (Å²) in [7, 11) is 0. The van der Waals surface area contributed by atoms with E-state index in [1.54, 1.807) is 0 Å². The Bertz CT molecular complexity index is 505. The zero-order valence-electron chi connectivity index (χ0n) is 10.1. The van der Waals surface area contributed by atoms with Crippen LogP contribution in [0.25, 0.3) is 11.0 Å². The number of benzene rings is 1. The molecule has 0 aliphatic heterocycles. The van der Waals surface area contributed by atoms with Gasteiger partial charge in [-0.3, -0.25) is 0 Å². The molecule has 1 aromatic carbocycles. The molecule has 0 atom stereocenters. The minimum atomic E-state index is 0.784. The average molecular weight is 296 g/mol. The number of aromatic amines is 1. The van der Waals surface area contributed by atoms with E-state index in [4.69, 9.17) is 5.73 Å². The number of aryl methyl sites for hydroxylation is 2. The second-order valence-corrected chi connectivity index (χ2v) is 5.32. The van der Waals surface area contributed by atoms with Crippen LogP contribution >= 0.6 is 15.9 Å². The Morgan fingerprint density at radius 2 is 2.12 bits per heavy atom. The minimum absolute atomic E-state index is 0.784. The zero-order chi connectivity index (χ0) is 12.3. The summed E-state index contributed by atoms with van der Waals surface area (Å²) in [6, 6.07) is 4.18. The van der Waals surface area contributed by atoms with E-state index in [1.165, 1.54) is 12.0 Å². The Kier molecular flexibility index (Phi) is 4.18. The van der Waals surface area contributed by atoms with Crippen molar-refractivity contribution in [2.24, 2.45) is 5.73 Å². The van der Waals surface area contributed by atoms with Crippen molar-refractivity contribution in [3.63, 3.8) is 0 Å². The first-order valence-corrected chi connectivity index (χ1v) is 6.85. The third kappa shape index (κ3) is 3.07. The molecule has 17 heavy (non-hydrogen) atoms. The van der Waals surface area contributed by atoms with Gasteiger partial charge in [-0.1, -0.05) is 22.4 Å². The molecular weight excluding hydrogens is 278 g/mol. The highest BCUT2D eigenvalue weighted by Crippen LogP contribution is 2.22. The molecule has 0 radical (unpaired) electrons. The predicted octanol–water partition coefficient (Wildman–Crippen LogP) is 3.31. The Morgan fingerprint density at radius 1 is 1.29 bits per heavy atom. The van der Waals surface area contributed by atoms with Gasteiger partial charge in [-0.15, -0.1) is 0 Å². The second kappa shape index (κ2) is 5.65. The largest absolute Gasteiger partial charge is 0.342 e. The van der Waals surface area contributed by atoms with Gasteiger partial charge < -0.3 is 10.7 Å². The molecule has 0 fully saturated rings. The zero-order valence-corrected chi connectivity index (χ0v) is 11.7. The molecule has 92 valence electrons. The van der Waals surface area contributed by atoms with Crippen molar-refractivity contribution in [1.82, 2.24) is 9.97 Å². The first-order chi connectivity index (χ1) is 8.20. The Morgan fingerprint density at radius 3 is 2.88 bits per heavy atom.